The van der Waals surface area contributed by atoms with Crippen LogP contribution >= 0.6 is 0 Å². The minimum atomic E-state index is -4.23. The molecule has 0 rings (SSSR count). The second kappa shape index (κ2) is 39.3. The summed E-state index contributed by atoms with van der Waals surface area (Å²) in [4.78, 5) is 10.3. The average Bonchev–Trinajstić information content (AvgIpc) is 2.95. The number of ether oxygens (including phenoxy) is 1. The van der Waals surface area contributed by atoms with E-state index >= 15 is 0 Å². The van der Waals surface area contributed by atoms with Crippen LogP contribution < -0.4 is 0 Å². The molecule has 0 radical (unpaired) electrons. The number of hydrogen-bond donors (Lipinski definition) is 3. The number of aliphatic hydroxyl groups is 1. The Labute approximate surface area is 267 Å². The number of carbonyl (C=O) groups is 1. The second-order valence-electron chi connectivity index (χ2n) is 11.5. The topological polar surface area (TPSA) is 130 Å². The predicted octanol–water partition coefficient (Wildman–Crippen LogP) is 10.1. The van der Waals surface area contributed by atoms with Crippen molar-refractivity contribution in [1.82, 2.24) is 0 Å². The van der Waals surface area contributed by atoms with E-state index in [9.17, 15) is 18.3 Å². The van der Waals surface area contributed by atoms with E-state index < -0.39 is 16.4 Å². The number of aliphatic carboxylic acids is 1. The molecule has 3 N–H and O–H groups in total. The van der Waals surface area contributed by atoms with Crippen molar-refractivity contribution < 1.29 is 36.9 Å². The van der Waals surface area contributed by atoms with Crippen LogP contribution in [0, 0.1) is 0 Å². The number of carboxylic acids is 1. The van der Waals surface area contributed by atoms with E-state index in [1.807, 2.05) is 13.8 Å². The molecule has 0 heterocycles. The van der Waals surface area contributed by atoms with E-state index in [2.05, 4.69) is 18.0 Å². The molecule has 0 saturated heterocycles. The van der Waals surface area contributed by atoms with Crippen molar-refractivity contribution in [3.05, 3.63) is 0 Å². The van der Waals surface area contributed by atoms with Gasteiger partial charge < -0.3 is 14.9 Å². The van der Waals surface area contributed by atoms with Gasteiger partial charge in [0.2, 0.25) is 0 Å². The number of hydrogen-bond acceptors (Lipinski definition) is 6. The van der Waals surface area contributed by atoms with Gasteiger partial charge >= 0.3 is 16.4 Å². The normalized spacial score (nSPS) is 11.8. The molecule has 262 valence electrons. The van der Waals surface area contributed by atoms with Crippen molar-refractivity contribution in [2.75, 3.05) is 19.8 Å². The number of aliphatic hydroxyl groups excluding tert-OH is 1. The fraction of sp³-hybridized carbons (Fsp3) is 0.971. The van der Waals surface area contributed by atoms with Gasteiger partial charge in [-0.15, -0.1) is 0 Å². The Kier molecular flexibility index (Phi) is 42.6. The van der Waals surface area contributed by atoms with Gasteiger partial charge in [0.15, 0.2) is 0 Å². The van der Waals surface area contributed by atoms with Gasteiger partial charge in [-0.25, -0.2) is 4.18 Å². The Hall–Kier alpha value is -0.740. The van der Waals surface area contributed by atoms with Crippen molar-refractivity contribution in [2.45, 2.75) is 194 Å². The summed E-state index contributed by atoms with van der Waals surface area (Å²) in [6.07, 6.45) is 28.1. The summed E-state index contributed by atoms with van der Waals surface area (Å²) >= 11 is 0. The van der Waals surface area contributed by atoms with E-state index in [1.54, 1.807) is 0 Å². The summed E-state index contributed by atoms with van der Waals surface area (Å²) in [5.41, 5.74) is 0. The maximum atomic E-state index is 10.3. The van der Waals surface area contributed by atoms with E-state index in [-0.39, 0.29) is 12.7 Å². The highest BCUT2D eigenvalue weighted by atomic mass is 32.3. The summed E-state index contributed by atoms with van der Waals surface area (Å²) in [6.45, 7) is 10.2. The summed E-state index contributed by atoms with van der Waals surface area (Å²) in [5.74, 6) is -0.678. The molecular formula is C34H72O8S. The molecule has 1 atom stereocenters. The fourth-order valence-electron chi connectivity index (χ4n) is 4.63. The highest BCUT2D eigenvalue weighted by molar-refractivity contribution is 7.80. The summed E-state index contributed by atoms with van der Waals surface area (Å²) < 4.78 is 37.8. The third-order valence-electron chi connectivity index (χ3n) is 7.21. The lowest BCUT2D eigenvalue weighted by Crippen LogP contribution is -2.05. The maximum absolute atomic E-state index is 10.3. The molecule has 0 aromatic heterocycles. The highest BCUT2D eigenvalue weighted by Gasteiger charge is 2.04. The molecule has 0 bridgehead atoms. The van der Waals surface area contributed by atoms with Crippen LogP contribution in [0.2, 0.25) is 0 Å². The average molecular weight is 641 g/mol. The number of unbranched alkanes of at least 4 members (excludes halogenated alkanes) is 19. The molecule has 0 aliphatic carbocycles. The minimum Gasteiger partial charge on any atom is -0.481 e. The van der Waals surface area contributed by atoms with Crippen molar-refractivity contribution in [1.29, 1.82) is 0 Å². The minimum absolute atomic E-state index is 0.0853. The molecule has 0 spiro atoms. The molecule has 0 aromatic carbocycles. The zero-order valence-electron chi connectivity index (χ0n) is 28.7. The fourth-order valence-corrected chi connectivity index (χ4v) is 4.95. The summed E-state index contributed by atoms with van der Waals surface area (Å²) in [7, 11) is -4.23. The van der Waals surface area contributed by atoms with Crippen LogP contribution in [0.1, 0.15) is 188 Å². The smallest absolute Gasteiger partial charge is 0.397 e. The van der Waals surface area contributed by atoms with Gasteiger partial charge in [-0.05, 0) is 39.5 Å². The van der Waals surface area contributed by atoms with Crippen LogP contribution in [-0.4, -0.2) is 55.1 Å². The van der Waals surface area contributed by atoms with Gasteiger partial charge in [-0.2, -0.15) is 8.42 Å². The first-order chi connectivity index (χ1) is 20.6. The van der Waals surface area contributed by atoms with Gasteiger partial charge in [-0.3, -0.25) is 9.35 Å². The summed E-state index contributed by atoms with van der Waals surface area (Å²) in [5, 5.41) is 18.4. The Bertz CT molecular complexity index is 626. The molecule has 8 nitrogen and oxygen atoms in total. The first-order valence-electron chi connectivity index (χ1n) is 17.7. The van der Waals surface area contributed by atoms with E-state index in [0.29, 0.717) is 12.8 Å². The quantitative estimate of drug-likeness (QED) is 0.0522. The zero-order valence-corrected chi connectivity index (χ0v) is 29.5. The van der Waals surface area contributed by atoms with Crippen LogP contribution in [0.3, 0.4) is 0 Å². The zero-order chi connectivity index (χ0) is 32.9. The SMILES string of the molecule is CCCCCCC(O)CCCCCCCCCCC(=O)O.CCCCCCCCCCCCOS(=O)(=O)O.CCOCC. The van der Waals surface area contributed by atoms with Gasteiger partial charge in [0, 0.05) is 19.6 Å². The van der Waals surface area contributed by atoms with Crippen LogP contribution in [-0.2, 0) is 24.1 Å². The largest absolute Gasteiger partial charge is 0.481 e. The molecule has 0 aromatic rings. The van der Waals surface area contributed by atoms with E-state index in [1.165, 1.54) is 96.3 Å². The lowest BCUT2D eigenvalue weighted by Gasteiger charge is -2.10. The van der Waals surface area contributed by atoms with Crippen LogP contribution in [0.4, 0.5) is 0 Å². The molecule has 9 heteroatoms. The third-order valence-corrected chi connectivity index (χ3v) is 7.67. The Balaban J connectivity index is -0.000000652. The summed E-state index contributed by atoms with van der Waals surface area (Å²) in [6, 6.07) is 0. The number of rotatable bonds is 30. The number of carboxylic acid groups (broad SMARTS) is 1. The lowest BCUT2D eigenvalue weighted by atomic mass is 10.0. The standard InChI is InChI=1S/C18H36O3.C12H26O4S.C4H10O/c1-2-3-4-11-14-17(19)15-12-9-7-5-6-8-10-13-16-18(20)21;1-2-3-4-5-6-7-8-9-10-11-12-16-17(13,14)15;1-3-5-4-2/h17,19H,2-16H2,1H3,(H,20,21);2-12H2,1H3,(H,13,14,15);3-4H2,1-2H3. The monoisotopic (exact) mass is 640 g/mol. The first kappa shape index (κ1) is 46.7. The highest BCUT2D eigenvalue weighted by Crippen LogP contribution is 2.14. The van der Waals surface area contributed by atoms with Gasteiger partial charge in [0.05, 0.1) is 12.7 Å². The Morgan fingerprint density at radius 2 is 0.930 bits per heavy atom. The van der Waals surface area contributed by atoms with Crippen LogP contribution in [0.25, 0.3) is 0 Å². The molecule has 0 fully saturated rings. The van der Waals surface area contributed by atoms with E-state index in [0.717, 1.165) is 64.6 Å². The van der Waals surface area contributed by atoms with Crippen molar-refractivity contribution in [2.24, 2.45) is 0 Å². The van der Waals surface area contributed by atoms with Crippen LogP contribution in [0.15, 0.2) is 0 Å². The van der Waals surface area contributed by atoms with Gasteiger partial charge in [-0.1, -0.05) is 142 Å². The second-order valence-corrected chi connectivity index (χ2v) is 12.6. The molecule has 0 aliphatic heterocycles. The molecule has 0 aliphatic rings. The molecule has 0 amide bonds. The first-order valence-corrected chi connectivity index (χ1v) is 19.1. The lowest BCUT2D eigenvalue weighted by molar-refractivity contribution is -0.137. The van der Waals surface area contributed by atoms with Crippen molar-refractivity contribution >= 4 is 16.4 Å². The van der Waals surface area contributed by atoms with Crippen molar-refractivity contribution in [3.8, 4) is 0 Å². The maximum Gasteiger partial charge on any atom is 0.397 e. The van der Waals surface area contributed by atoms with Crippen molar-refractivity contribution in [3.63, 3.8) is 0 Å². The van der Waals surface area contributed by atoms with E-state index in [4.69, 9.17) is 14.4 Å². The van der Waals surface area contributed by atoms with Gasteiger partial charge in [0.25, 0.3) is 0 Å². The molecule has 0 saturated carbocycles. The molecule has 1 unspecified atom stereocenters. The predicted molar refractivity (Wildman–Crippen MR) is 180 cm³/mol. The van der Waals surface area contributed by atoms with Gasteiger partial charge in [0.1, 0.15) is 0 Å². The molecular weight excluding hydrogens is 568 g/mol. The Morgan fingerprint density at radius 1 is 0.581 bits per heavy atom. The molecule has 43 heavy (non-hydrogen) atoms. The Morgan fingerprint density at radius 3 is 1.28 bits per heavy atom. The third kappa shape index (κ3) is 54.2. The van der Waals surface area contributed by atoms with Crippen LogP contribution in [0.5, 0.6) is 0 Å².